The first-order valence-corrected chi connectivity index (χ1v) is 9.17. The number of carbonyl (C=O) groups excluding carboxylic acids is 3. The molecule has 0 N–H and O–H groups in total. The molecule has 0 amide bonds. The van der Waals surface area contributed by atoms with Gasteiger partial charge >= 0.3 is 11.9 Å². The van der Waals surface area contributed by atoms with Crippen LogP contribution < -0.4 is 0 Å². The molecule has 0 aromatic rings. The van der Waals surface area contributed by atoms with Crippen molar-refractivity contribution in [2.24, 2.45) is 34.0 Å². The van der Waals surface area contributed by atoms with Gasteiger partial charge < -0.3 is 9.53 Å². The Morgan fingerprint density at radius 3 is 2.67 bits per heavy atom. The van der Waals surface area contributed by atoms with Crippen molar-refractivity contribution in [1.29, 1.82) is 0 Å². The lowest BCUT2D eigenvalue weighted by Gasteiger charge is -2.54. The van der Waals surface area contributed by atoms with Gasteiger partial charge in [-0.05, 0) is 62.7 Å². The highest BCUT2D eigenvalue weighted by Crippen LogP contribution is 2.67. The van der Waals surface area contributed by atoms with Crippen LogP contribution in [0, 0.1) is 34.0 Å². The van der Waals surface area contributed by atoms with Crippen LogP contribution in [0.25, 0.3) is 0 Å². The van der Waals surface area contributed by atoms with Crippen LogP contribution in [0.2, 0.25) is 0 Å². The van der Waals surface area contributed by atoms with Crippen molar-refractivity contribution in [2.45, 2.75) is 58.8 Å². The molecule has 2 bridgehead atoms. The van der Waals surface area contributed by atoms with Crippen molar-refractivity contribution in [3.63, 3.8) is 0 Å². The minimum absolute atomic E-state index is 0.126. The molecule has 0 aromatic heterocycles. The summed E-state index contributed by atoms with van der Waals surface area (Å²) in [5.74, 6) is -0.584. The summed E-state index contributed by atoms with van der Waals surface area (Å²) < 4.78 is 5.08. The van der Waals surface area contributed by atoms with Gasteiger partial charge in [-0.15, -0.1) is 0 Å². The zero-order valence-electron chi connectivity index (χ0n) is 14.6. The summed E-state index contributed by atoms with van der Waals surface area (Å²) in [6.07, 6.45) is 7.22. The fraction of sp³-hybridized carbons (Fsp3) is 0.750. The highest BCUT2D eigenvalue weighted by molar-refractivity contribution is 5.99. The molecule has 3 aliphatic carbocycles. The first-order chi connectivity index (χ1) is 11.3. The summed E-state index contributed by atoms with van der Waals surface area (Å²) in [7, 11) is 0. The van der Waals surface area contributed by atoms with Gasteiger partial charge in [0, 0.05) is 5.41 Å². The van der Waals surface area contributed by atoms with E-state index in [2.05, 4.69) is 13.5 Å². The molecule has 4 nitrogen and oxygen atoms in total. The number of rotatable bonds is 2. The molecule has 1 aliphatic heterocycles. The van der Waals surface area contributed by atoms with Crippen LogP contribution in [0.5, 0.6) is 0 Å². The molecule has 4 rings (SSSR count). The predicted molar refractivity (Wildman–Crippen MR) is 87.7 cm³/mol. The second-order valence-corrected chi connectivity index (χ2v) is 9.14. The summed E-state index contributed by atoms with van der Waals surface area (Å²) in [6, 6.07) is 0. The number of ether oxygens (including phenoxy) is 1. The second kappa shape index (κ2) is 4.80. The molecule has 130 valence electrons. The van der Waals surface area contributed by atoms with E-state index in [0.717, 1.165) is 44.8 Å². The van der Waals surface area contributed by atoms with Gasteiger partial charge in [0.2, 0.25) is 0 Å². The summed E-state index contributed by atoms with van der Waals surface area (Å²) in [6.45, 7) is 8.21. The number of hydrogen-bond donors (Lipinski definition) is 0. The molecule has 6 atom stereocenters. The molecule has 1 heterocycles. The van der Waals surface area contributed by atoms with Gasteiger partial charge in [-0.2, -0.15) is 0 Å². The monoisotopic (exact) mass is 330 g/mol. The molecule has 24 heavy (non-hydrogen) atoms. The molecule has 4 fully saturated rings. The molecular weight excluding hydrogens is 304 g/mol. The lowest BCUT2D eigenvalue weighted by atomic mass is 9.46. The Kier molecular flexibility index (Phi) is 3.21. The number of fused-ring (bicyclic) bond motifs is 3. The lowest BCUT2D eigenvalue weighted by molar-refractivity contribution is -0.156. The minimum Gasteiger partial charge on any atom is -0.392 e. The molecular formula is C20H26O4. The van der Waals surface area contributed by atoms with Crippen molar-refractivity contribution in [2.75, 3.05) is 0 Å². The topological polar surface area (TPSA) is 60.4 Å². The number of allylic oxidation sites excluding steroid dienone is 1. The van der Waals surface area contributed by atoms with E-state index in [4.69, 9.17) is 4.74 Å². The van der Waals surface area contributed by atoms with E-state index in [9.17, 15) is 14.4 Å². The number of aldehydes is 1. The fourth-order valence-corrected chi connectivity index (χ4v) is 6.87. The predicted octanol–water partition coefficient (Wildman–Crippen LogP) is 3.44. The first-order valence-electron chi connectivity index (χ1n) is 9.17. The Morgan fingerprint density at radius 1 is 1.21 bits per heavy atom. The van der Waals surface area contributed by atoms with Crippen LogP contribution in [0.1, 0.15) is 58.8 Å². The molecule has 0 spiro atoms. The number of hydrogen-bond acceptors (Lipinski definition) is 4. The van der Waals surface area contributed by atoms with Gasteiger partial charge in [0.1, 0.15) is 6.29 Å². The van der Waals surface area contributed by atoms with Gasteiger partial charge in [-0.25, -0.2) is 0 Å². The maximum atomic E-state index is 12.6. The first kappa shape index (κ1) is 16.0. The highest BCUT2D eigenvalue weighted by Gasteiger charge is 2.68. The summed E-state index contributed by atoms with van der Waals surface area (Å²) in [4.78, 5) is 37.1. The second-order valence-electron chi connectivity index (χ2n) is 9.14. The van der Waals surface area contributed by atoms with Gasteiger partial charge in [0.05, 0.1) is 11.3 Å². The van der Waals surface area contributed by atoms with E-state index >= 15 is 0 Å². The minimum atomic E-state index is -0.722. The molecule has 3 saturated carbocycles. The average molecular weight is 330 g/mol. The third-order valence-corrected chi connectivity index (χ3v) is 7.89. The van der Waals surface area contributed by atoms with Crippen molar-refractivity contribution < 1.29 is 19.1 Å². The van der Waals surface area contributed by atoms with Crippen LogP contribution in [-0.2, 0) is 19.1 Å². The lowest BCUT2D eigenvalue weighted by Crippen LogP contribution is -2.54. The Hall–Kier alpha value is -1.45. The van der Waals surface area contributed by atoms with E-state index in [0.29, 0.717) is 12.3 Å². The van der Waals surface area contributed by atoms with Crippen LogP contribution >= 0.6 is 0 Å². The molecule has 4 aliphatic rings. The third-order valence-electron chi connectivity index (χ3n) is 7.89. The molecule has 0 unspecified atom stereocenters. The largest absolute Gasteiger partial charge is 0.392 e. The highest BCUT2D eigenvalue weighted by atomic mass is 16.6. The fourth-order valence-electron chi connectivity index (χ4n) is 6.87. The smallest absolute Gasteiger partial charge is 0.320 e. The normalized spacial score (nSPS) is 50.6. The standard InChI is InChI=1S/C20H26O4/c1-12-9-20(11-21)10-13(12)5-6-14(20)18(2)7-4-8-19(3)15(18)16(22)24-17(19)23/h11,13-15H,1,4-10H2,2-3H3/t13-,14+,15-,18-,19+,20+/m0/s1. The molecule has 0 radical (unpaired) electrons. The zero-order chi connectivity index (χ0) is 17.3. The van der Waals surface area contributed by atoms with Crippen molar-refractivity contribution in [1.82, 2.24) is 0 Å². The van der Waals surface area contributed by atoms with Gasteiger partial charge in [-0.3, -0.25) is 9.59 Å². The summed E-state index contributed by atoms with van der Waals surface area (Å²) in [5.41, 5.74) is -0.288. The SMILES string of the molecule is C=C1C[C@]2(C=O)C[C@@H]1CC[C@@H]2[C@]1(C)CCC[C@@]2(C)C(=O)OC(=O)[C@@H]12. The number of cyclic esters (lactones) is 2. The Morgan fingerprint density at radius 2 is 1.96 bits per heavy atom. The van der Waals surface area contributed by atoms with E-state index in [1.165, 1.54) is 5.57 Å². The van der Waals surface area contributed by atoms with E-state index in [1.54, 1.807) is 0 Å². The zero-order valence-corrected chi connectivity index (χ0v) is 14.6. The van der Waals surface area contributed by atoms with Crippen LogP contribution in [-0.4, -0.2) is 18.2 Å². The van der Waals surface area contributed by atoms with Gasteiger partial charge in [-0.1, -0.05) is 25.5 Å². The van der Waals surface area contributed by atoms with Crippen LogP contribution in [0.3, 0.4) is 0 Å². The maximum absolute atomic E-state index is 12.6. The Bertz CT molecular complexity index is 652. The van der Waals surface area contributed by atoms with Gasteiger partial charge in [0.25, 0.3) is 0 Å². The van der Waals surface area contributed by atoms with Crippen LogP contribution in [0.15, 0.2) is 12.2 Å². The quantitative estimate of drug-likeness (QED) is 0.337. The van der Waals surface area contributed by atoms with Crippen LogP contribution in [0.4, 0.5) is 0 Å². The van der Waals surface area contributed by atoms with Crippen molar-refractivity contribution in [3.8, 4) is 0 Å². The summed E-state index contributed by atoms with van der Waals surface area (Å²) in [5, 5.41) is 0. The van der Waals surface area contributed by atoms with Crippen molar-refractivity contribution in [3.05, 3.63) is 12.2 Å². The molecule has 4 heteroatoms. The molecule has 1 saturated heterocycles. The summed E-state index contributed by atoms with van der Waals surface area (Å²) >= 11 is 0. The van der Waals surface area contributed by atoms with Crippen molar-refractivity contribution >= 4 is 18.2 Å². The Balaban J connectivity index is 1.79. The number of esters is 2. The van der Waals surface area contributed by atoms with E-state index < -0.39 is 16.7 Å². The average Bonchev–Trinajstić information content (AvgIpc) is 2.91. The maximum Gasteiger partial charge on any atom is 0.320 e. The molecule has 0 aromatic carbocycles. The third kappa shape index (κ3) is 1.77. The van der Waals surface area contributed by atoms with E-state index in [-0.39, 0.29) is 23.3 Å². The van der Waals surface area contributed by atoms with E-state index in [1.807, 2.05) is 6.92 Å². The van der Waals surface area contributed by atoms with Gasteiger partial charge in [0.15, 0.2) is 0 Å². The Labute approximate surface area is 143 Å². The number of carbonyl (C=O) groups is 3.